The van der Waals surface area contributed by atoms with E-state index in [0.717, 1.165) is 52.2 Å². The Morgan fingerprint density at radius 3 is 2.52 bits per heavy atom. The van der Waals surface area contributed by atoms with E-state index in [1.165, 1.54) is 0 Å². The minimum Gasteiger partial charge on any atom is -0.508 e. The molecule has 0 bridgehead atoms. The molecule has 0 atom stereocenters. The average molecular weight is 308 g/mol. The normalized spacial score (nSPS) is 12.2. The minimum atomic E-state index is 0.280. The van der Waals surface area contributed by atoms with E-state index in [1.807, 2.05) is 31.2 Å². The highest BCUT2D eigenvalue weighted by Gasteiger charge is 2.14. The van der Waals surface area contributed by atoms with Crippen molar-refractivity contribution in [1.82, 2.24) is 0 Å². The van der Waals surface area contributed by atoms with Crippen molar-refractivity contribution in [3.8, 4) is 17.2 Å². The topological polar surface area (TPSA) is 38.7 Å². The largest absolute Gasteiger partial charge is 0.508 e. The molecule has 1 heterocycles. The number of fused-ring (bicyclic) bond motifs is 1. The summed E-state index contributed by atoms with van der Waals surface area (Å²) < 4.78 is 10.7. The Hall–Kier alpha value is -2.68. The van der Waals surface area contributed by atoms with Gasteiger partial charge in [0, 0.05) is 0 Å². The number of rotatable bonds is 5. The summed E-state index contributed by atoms with van der Waals surface area (Å²) in [6, 6.07) is 11.3. The van der Waals surface area contributed by atoms with Gasteiger partial charge in [-0.05, 0) is 71.9 Å². The van der Waals surface area contributed by atoms with Gasteiger partial charge in [-0.3, -0.25) is 0 Å². The van der Waals surface area contributed by atoms with Gasteiger partial charge in [-0.2, -0.15) is 0 Å². The van der Waals surface area contributed by atoms with Crippen LogP contribution in [0.2, 0.25) is 0 Å². The predicted octanol–water partition coefficient (Wildman–Crippen LogP) is 4.94. The van der Waals surface area contributed by atoms with Gasteiger partial charge in [0.05, 0.1) is 0 Å². The Morgan fingerprint density at radius 1 is 1.00 bits per heavy atom. The van der Waals surface area contributed by atoms with Gasteiger partial charge in [-0.1, -0.05) is 25.3 Å². The summed E-state index contributed by atoms with van der Waals surface area (Å²) in [6.45, 7) is 10.6. The molecule has 0 unspecified atom stereocenters. The lowest BCUT2D eigenvalue weighted by Crippen LogP contribution is -1.93. The highest BCUT2D eigenvalue weighted by atomic mass is 16.7. The van der Waals surface area contributed by atoms with Crippen LogP contribution in [0.15, 0.2) is 49.6 Å². The maximum absolute atomic E-state index is 9.50. The van der Waals surface area contributed by atoms with Crippen molar-refractivity contribution in [2.24, 2.45) is 0 Å². The summed E-state index contributed by atoms with van der Waals surface area (Å²) in [5.74, 6) is 1.84. The Kier molecular flexibility index (Phi) is 4.11. The molecule has 1 N–H and O–H groups in total. The van der Waals surface area contributed by atoms with Crippen LogP contribution in [-0.2, 0) is 0 Å². The van der Waals surface area contributed by atoms with Gasteiger partial charge < -0.3 is 14.6 Å². The number of hydrogen-bond donors (Lipinski definition) is 1. The summed E-state index contributed by atoms with van der Waals surface area (Å²) in [4.78, 5) is 0. The Balaban J connectivity index is 1.65. The van der Waals surface area contributed by atoms with Crippen LogP contribution in [-0.4, -0.2) is 11.9 Å². The monoisotopic (exact) mass is 308 g/mol. The second-order valence-corrected chi connectivity index (χ2v) is 5.77. The number of phenols is 1. The zero-order chi connectivity index (χ0) is 16.4. The molecular weight excluding hydrogens is 288 g/mol. The summed E-state index contributed by atoms with van der Waals surface area (Å²) in [5.41, 5.74) is 5.26. The Bertz CT molecular complexity index is 774. The minimum absolute atomic E-state index is 0.280. The van der Waals surface area contributed by atoms with Crippen molar-refractivity contribution in [1.29, 1.82) is 0 Å². The van der Waals surface area contributed by atoms with Crippen LogP contribution in [0.1, 0.15) is 29.5 Å². The molecule has 1 aliphatic heterocycles. The summed E-state index contributed by atoms with van der Waals surface area (Å²) in [5, 5.41) is 9.50. The predicted molar refractivity (Wildman–Crippen MR) is 92.7 cm³/mol. The maximum Gasteiger partial charge on any atom is 0.231 e. The smallest absolute Gasteiger partial charge is 0.231 e. The number of benzene rings is 2. The van der Waals surface area contributed by atoms with E-state index in [9.17, 15) is 5.11 Å². The number of allylic oxidation sites excluding steroid dienone is 2. The maximum atomic E-state index is 9.50. The molecule has 3 heteroatoms. The first-order chi connectivity index (χ1) is 11.0. The molecule has 1 aliphatic rings. The third kappa shape index (κ3) is 3.24. The van der Waals surface area contributed by atoms with Crippen LogP contribution >= 0.6 is 0 Å². The lowest BCUT2D eigenvalue weighted by molar-refractivity contribution is 0.174. The van der Waals surface area contributed by atoms with E-state index in [4.69, 9.17) is 9.47 Å². The lowest BCUT2D eigenvalue weighted by atomic mass is 9.94. The van der Waals surface area contributed by atoms with Crippen LogP contribution in [0.25, 0.3) is 11.1 Å². The van der Waals surface area contributed by atoms with Gasteiger partial charge in [0.1, 0.15) is 5.75 Å². The molecule has 23 heavy (non-hydrogen) atoms. The van der Waals surface area contributed by atoms with Crippen molar-refractivity contribution < 1.29 is 14.6 Å². The van der Waals surface area contributed by atoms with E-state index >= 15 is 0 Å². The lowest BCUT2D eigenvalue weighted by Gasteiger charge is -2.11. The van der Waals surface area contributed by atoms with Crippen LogP contribution in [0.3, 0.4) is 0 Å². The third-order valence-corrected chi connectivity index (χ3v) is 4.10. The van der Waals surface area contributed by atoms with Crippen molar-refractivity contribution in [3.05, 3.63) is 66.2 Å². The summed E-state index contributed by atoms with van der Waals surface area (Å²) in [6.07, 6.45) is 1.64. The number of ether oxygens (including phenoxy) is 2. The molecule has 3 nitrogen and oxygen atoms in total. The molecule has 0 radical (unpaired) electrons. The fraction of sp³-hybridized carbons (Fsp3) is 0.200. The Morgan fingerprint density at radius 2 is 1.74 bits per heavy atom. The number of aromatic hydroxyl groups is 1. The first kappa shape index (κ1) is 15.2. The van der Waals surface area contributed by atoms with E-state index < -0.39 is 0 Å². The Labute approximate surface area is 136 Å². The fourth-order valence-electron chi connectivity index (χ4n) is 2.74. The average Bonchev–Trinajstić information content (AvgIpc) is 2.99. The zero-order valence-electron chi connectivity index (χ0n) is 13.3. The van der Waals surface area contributed by atoms with Gasteiger partial charge in [-0.25, -0.2) is 0 Å². The van der Waals surface area contributed by atoms with E-state index in [-0.39, 0.29) is 12.5 Å². The van der Waals surface area contributed by atoms with Crippen molar-refractivity contribution >= 4 is 11.1 Å². The molecule has 118 valence electrons. The number of aryl methyl sites for hydroxylation is 1. The second-order valence-electron chi connectivity index (χ2n) is 5.77. The second kappa shape index (κ2) is 6.21. The van der Waals surface area contributed by atoms with Gasteiger partial charge in [-0.15, -0.1) is 0 Å². The molecular formula is C20H20O3. The summed E-state index contributed by atoms with van der Waals surface area (Å²) in [7, 11) is 0. The van der Waals surface area contributed by atoms with Crippen LogP contribution < -0.4 is 9.47 Å². The van der Waals surface area contributed by atoms with Gasteiger partial charge in [0.2, 0.25) is 6.79 Å². The SMILES string of the molecule is C=C(CCC(=C)c1ccc(O)cc1C)c1ccc2c(c1)OCO2. The molecule has 3 rings (SSSR count). The van der Waals surface area contributed by atoms with Crippen molar-refractivity contribution in [3.63, 3.8) is 0 Å². The van der Waals surface area contributed by atoms with E-state index in [0.29, 0.717) is 0 Å². The summed E-state index contributed by atoms with van der Waals surface area (Å²) >= 11 is 0. The van der Waals surface area contributed by atoms with Crippen molar-refractivity contribution in [2.45, 2.75) is 19.8 Å². The van der Waals surface area contributed by atoms with Crippen LogP contribution in [0.4, 0.5) is 0 Å². The zero-order valence-corrected chi connectivity index (χ0v) is 13.3. The van der Waals surface area contributed by atoms with Crippen molar-refractivity contribution in [2.75, 3.05) is 6.79 Å². The standard InChI is InChI=1S/C20H20O3/c1-13(16-6-9-19-20(11-16)23-12-22-19)4-5-14(2)18-8-7-17(21)10-15(18)3/h6-11,21H,1-2,4-5,12H2,3H3. The van der Waals surface area contributed by atoms with Gasteiger partial charge in [0.25, 0.3) is 0 Å². The van der Waals surface area contributed by atoms with Gasteiger partial charge in [0.15, 0.2) is 11.5 Å². The molecule has 0 amide bonds. The first-order valence-electron chi connectivity index (χ1n) is 7.60. The quantitative estimate of drug-likeness (QED) is 0.850. The molecule has 0 saturated carbocycles. The molecule has 0 fully saturated rings. The third-order valence-electron chi connectivity index (χ3n) is 4.10. The van der Waals surface area contributed by atoms with Crippen LogP contribution in [0, 0.1) is 6.92 Å². The van der Waals surface area contributed by atoms with E-state index in [2.05, 4.69) is 13.2 Å². The highest BCUT2D eigenvalue weighted by molar-refractivity contribution is 5.71. The molecule has 2 aromatic carbocycles. The molecule has 0 aromatic heterocycles. The van der Waals surface area contributed by atoms with Gasteiger partial charge >= 0.3 is 0 Å². The molecule has 0 saturated heterocycles. The molecule has 0 aliphatic carbocycles. The number of hydrogen-bond acceptors (Lipinski definition) is 3. The van der Waals surface area contributed by atoms with E-state index in [1.54, 1.807) is 12.1 Å². The molecule has 2 aromatic rings. The van der Waals surface area contributed by atoms with Crippen LogP contribution in [0.5, 0.6) is 17.2 Å². The first-order valence-corrected chi connectivity index (χ1v) is 7.60. The number of phenolic OH excluding ortho intramolecular Hbond substituents is 1. The fourth-order valence-corrected chi connectivity index (χ4v) is 2.74. The molecule has 0 spiro atoms. The highest BCUT2D eigenvalue weighted by Crippen LogP contribution is 2.35.